The maximum atomic E-state index is 12.2. The van der Waals surface area contributed by atoms with Crippen LogP contribution < -0.4 is 5.32 Å². The molecule has 2 saturated heterocycles. The number of amides is 1. The number of rotatable bonds is 4. The third kappa shape index (κ3) is 2.59. The topological polar surface area (TPSA) is 61.0 Å². The molecule has 2 unspecified atom stereocenters. The quantitative estimate of drug-likeness (QED) is 0.868. The molecule has 0 aromatic carbocycles. The number of aromatic nitrogens is 2. The van der Waals surface area contributed by atoms with E-state index < -0.39 is 0 Å². The first-order valence-corrected chi connectivity index (χ1v) is 7.57. The number of carbonyl (C=O) groups excluding carboxylic acids is 1. The average molecular weight is 276 g/mol. The summed E-state index contributed by atoms with van der Waals surface area (Å²) >= 11 is 0. The van der Waals surface area contributed by atoms with Crippen LogP contribution in [0.3, 0.4) is 0 Å². The van der Waals surface area contributed by atoms with Crippen LogP contribution in [0.4, 0.5) is 0 Å². The molecule has 0 aliphatic carbocycles. The predicted molar refractivity (Wildman–Crippen MR) is 77.5 cm³/mol. The SMILES string of the molecule is Cc1n[nH]c(C)c1CC(=O)NCC12CCCN(CC1)C2. The first-order chi connectivity index (χ1) is 9.58. The summed E-state index contributed by atoms with van der Waals surface area (Å²) in [4.78, 5) is 14.7. The van der Waals surface area contributed by atoms with E-state index >= 15 is 0 Å². The number of hydrogen-bond acceptors (Lipinski definition) is 3. The number of aryl methyl sites for hydroxylation is 2. The van der Waals surface area contributed by atoms with Crippen LogP contribution in [0.2, 0.25) is 0 Å². The summed E-state index contributed by atoms with van der Waals surface area (Å²) in [6.45, 7) is 8.35. The maximum Gasteiger partial charge on any atom is 0.224 e. The van der Waals surface area contributed by atoms with E-state index in [4.69, 9.17) is 0 Å². The number of aromatic amines is 1. The van der Waals surface area contributed by atoms with Gasteiger partial charge in [-0.1, -0.05) is 0 Å². The van der Waals surface area contributed by atoms with Gasteiger partial charge >= 0.3 is 0 Å². The van der Waals surface area contributed by atoms with E-state index in [0.29, 0.717) is 11.8 Å². The summed E-state index contributed by atoms with van der Waals surface area (Å²) < 4.78 is 0. The van der Waals surface area contributed by atoms with Gasteiger partial charge in [-0.25, -0.2) is 0 Å². The highest BCUT2D eigenvalue weighted by molar-refractivity contribution is 5.79. The first kappa shape index (κ1) is 13.6. The largest absolute Gasteiger partial charge is 0.355 e. The van der Waals surface area contributed by atoms with E-state index in [9.17, 15) is 4.79 Å². The molecule has 1 amide bonds. The van der Waals surface area contributed by atoms with Gasteiger partial charge in [-0.15, -0.1) is 0 Å². The normalized spacial score (nSPS) is 28.6. The molecule has 2 atom stereocenters. The fourth-order valence-electron chi connectivity index (χ4n) is 3.68. The zero-order valence-corrected chi connectivity index (χ0v) is 12.5. The van der Waals surface area contributed by atoms with Gasteiger partial charge in [0.05, 0.1) is 12.1 Å². The molecule has 3 rings (SSSR count). The minimum atomic E-state index is 0.121. The van der Waals surface area contributed by atoms with Gasteiger partial charge in [0.2, 0.25) is 5.91 Å². The zero-order valence-electron chi connectivity index (χ0n) is 12.5. The summed E-state index contributed by atoms with van der Waals surface area (Å²) in [6.07, 6.45) is 4.20. The van der Waals surface area contributed by atoms with E-state index in [1.165, 1.54) is 32.4 Å². The van der Waals surface area contributed by atoms with Crippen LogP contribution in [0.1, 0.15) is 36.2 Å². The van der Waals surface area contributed by atoms with Crippen molar-refractivity contribution < 1.29 is 4.79 Å². The highest BCUT2D eigenvalue weighted by Crippen LogP contribution is 2.38. The fraction of sp³-hybridized carbons (Fsp3) is 0.733. The lowest BCUT2D eigenvalue weighted by atomic mass is 9.81. The Hall–Kier alpha value is -1.36. The van der Waals surface area contributed by atoms with E-state index in [1.54, 1.807) is 0 Å². The van der Waals surface area contributed by atoms with Crippen molar-refractivity contribution in [1.29, 1.82) is 0 Å². The molecule has 2 aliphatic rings. The van der Waals surface area contributed by atoms with Crippen LogP contribution in [-0.2, 0) is 11.2 Å². The molecule has 0 radical (unpaired) electrons. The molecule has 20 heavy (non-hydrogen) atoms. The highest BCUT2D eigenvalue weighted by Gasteiger charge is 2.40. The predicted octanol–water partition coefficient (Wildman–Crippen LogP) is 1.17. The van der Waals surface area contributed by atoms with Gasteiger partial charge in [0.25, 0.3) is 0 Å². The minimum absolute atomic E-state index is 0.121. The van der Waals surface area contributed by atoms with E-state index in [0.717, 1.165) is 30.0 Å². The van der Waals surface area contributed by atoms with Crippen LogP contribution in [0.15, 0.2) is 0 Å². The molecule has 1 aromatic rings. The molecule has 0 saturated carbocycles. The second kappa shape index (κ2) is 5.20. The molecule has 2 bridgehead atoms. The summed E-state index contributed by atoms with van der Waals surface area (Å²) in [6, 6.07) is 0. The van der Waals surface area contributed by atoms with E-state index in [1.807, 2.05) is 13.8 Å². The van der Waals surface area contributed by atoms with Crippen LogP contribution in [-0.4, -0.2) is 47.2 Å². The van der Waals surface area contributed by atoms with E-state index in [-0.39, 0.29) is 5.91 Å². The zero-order chi connectivity index (χ0) is 14.2. The van der Waals surface area contributed by atoms with Gasteiger partial charge in [-0.2, -0.15) is 5.10 Å². The molecule has 2 aliphatic heterocycles. The van der Waals surface area contributed by atoms with Crippen LogP contribution in [0.5, 0.6) is 0 Å². The first-order valence-electron chi connectivity index (χ1n) is 7.57. The van der Waals surface area contributed by atoms with Crippen molar-refractivity contribution in [2.75, 3.05) is 26.2 Å². The minimum Gasteiger partial charge on any atom is -0.355 e. The Morgan fingerprint density at radius 2 is 2.25 bits per heavy atom. The maximum absolute atomic E-state index is 12.2. The Morgan fingerprint density at radius 3 is 3.00 bits per heavy atom. The second-order valence-electron chi connectivity index (χ2n) is 6.50. The molecular formula is C15H24N4O. The number of carbonyl (C=O) groups is 1. The highest BCUT2D eigenvalue weighted by atomic mass is 16.1. The monoisotopic (exact) mass is 276 g/mol. The van der Waals surface area contributed by atoms with Gasteiger partial charge in [0.1, 0.15) is 0 Å². The van der Waals surface area contributed by atoms with Gasteiger partial charge in [0, 0.05) is 29.8 Å². The molecule has 2 fully saturated rings. The molecule has 3 heterocycles. The molecule has 5 heteroatoms. The van der Waals surface area contributed by atoms with Crippen molar-refractivity contribution in [3.63, 3.8) is 0 Å². The fourth-order valence-corrected chi connectivity index (χ4v) is 3.68. The second-order valence-corrected chi connectivity index (χ2v) is 6.50. The molecule has 2 N–H and O–H groups in total. The van der Waals surface area contributed by atoms with Crippen molar-refractivity contribution in [2.24, 2.45) is 5.41 Å². The third-order valence-corrected chi connectivity index (χ3v) is 4.98. The van der Waals surface area contributed by atoms with Gasteiger partial charge in [-0.05, 0) is 46.2 Å². The summed E-state index contributed by atoms with van der Waals surface area (Å²) in [5, 5.41) is 10.2. The molecule has 5 nitrogen and oxygen atoms in total. The number of piperidine rings is 1. The van der Waals surface area contributed by atoms with Gasteiger partial charge < -0.3 is 10.2 Å². The lowest BCUT2D eigenvalue weighted by Gasteiger charge is -2.34. The van der Waals surface area contributed by atoms with Crippen LogP contribution in [0.25, 0.3) is 0 Å². The Bertz CT molecular complexity index is 486. The summed E-state index contributed by atoms with van der Waals surface area (Å²) in [5.74, 6) is 0.121. The number of fused-ring (bicyclic) bond motifs is 2. The Morgan fingerprint density at radius 1 is 1.40 bits per heavy atom. The Balaban J connectivity index is 1.55. The van der Waals surface area contributed by atoms with E-state index in [2.05, 4.69) is 20.4 Å². The molecule has 0 spiro atoms. The number of nitrogens with one attached hydrogen (secondary N) is 2. The summed E-state index contributed by atoms with van der Waals surface area (Å²) in [7, 11) is 0. The number of H-pyrrole nitrogens is 1. The Kier molecular flexibility index (Phi) is 3.54. The third-order valence-electron chi connectivity index (χ3n) is 4.98. The lowest BCUT2D eigenvalue weighted by molar-refractivity contribution is -0.121. The summed E-state index contributed by atoms with van der Waals surface area (Å²) in [5.41, 5.74) is 3.31. The smallest absolute Gasteiger partial charge is 0.224 e. The van der Waals surface area contributed by atoms with Gasteiger partial charge in [0.15, 0.2) is 0 Å². The molecule has 1 aromatic heterocycles. The standard InChI is InChI=1S/C15H24N4O/c1-11-13(12(2)18-17-11)8-14(20)16-9-15-4-3-6-19(10-15)7-5-15/h3-10H2,1-2H3,(H,16,20)(H,17,18). The van der Waals surface area contributed by atoms with Gasteiger partial charge in [-0.3, -0.25) is 9.89 Å². The van der Waals surface area contributed by atoms with Crippen molar-refractivity contribution in [1.82, 2.24) is 20.4 Å². The van der Waals surface area contributed by atoms with Crippen molar-refractivity contribution in [2.45, 2.75) is 39.5 Å². The molecular weight excluding hydrogens is 252 g/mol. The Labute approximate surface area is 120 Å². The van der Waals surface area contributed by atoms with Crippen molar-refractivity contribution in [3.8, 4) is 0 Å². The van der Waals surface area contributed by atoms with Crippen molar-refractivity contribution >= 4 is 5.91 Å². The number of hydrogen-bond donors (Lipinski definition) is 2. The van der Waals surface area contributed by atoms with Crippen LogP contribution >= 0.6 is 0 Å². The van der Waals surface area contributed by atoms with Crippen LogP contribution in [0, 0.1) is 19.3 Å². The van der Waals surface area contributed by atoms with Crippen molar-refractivity contribution in [3.05, 3.63) is 17.0 Å². The number of nitrogens with zero attached hydrogens (tertiary/aromatic N) is 2. The lowest BCUT2D eigenvalue weighted by Crippen LogP contribution is -2.43. The molecule has 110 valence electrons. The average Bonchev–Trinajstić information content (AvgIpc) is 2.91.